The van der Waals surface area contributed by atoms with Gasteiger partial charge in [0.1, 0.15) is 5.65 Å². The van der Waals surface area contributed by atoms with E-state index in [1.807, 2.05) is 6.26 Å². The number of aryl methyl sites for hydroxylation is 2. The van der Waals surface area contributed by atoms with E-state index >= 15 is 0 Å². The molecule has 15 heavy (non-hydrogen) atoms. The van der Waals surface area contributed by atoms with Crippen LogP contribution in [0.4, 0.5) is 0 Å². The van der Waals surface area contributed by atoms with Crippen molar-refractivity contribution >= 4 is 22.9 Å². The quantitative estimate of drug-likeness (QED) is 0.676. The first-order valence-electron chi connectivity index (χ1n) is 4.26. The zero-order chi connectivity index (χ0) is 11.2. The van der Waals surface area contributed by atoms with Gasteiger partial charge < -0.3 is 4.57 Å². The van der Waals surface area contributed by atoms with Crippen LogP contribution < -0.4 is 11.2 Å². The maximum Gasteiger partial charge on any atom is 0.329 e. The lowest BCUT2D eigenvalue weighted by Crippen LogP contribution is -2.29. The predicted molar refractivity (Wildman–Crippen MR) is 58.4 cm³/mol. The highest BCUT2D eigenvalue weighted by Gasteiger charge is 2.13. The molecule has 0 aromatic carbocycles. The zero-order valence-electron chi connectivity index (χ0n) is 8.57. The highest BCUT2D eigenvalue weighted by molar-refractivity contribution is 7.98. The van der Waals surface area contributed by atoms with Crippen LogP contribution in [0.3, 0.4) is 0 Å². The number of nitrogens with one attached hydrogen (secondary N) is 1. The van der Waals surface area contributed by atoms with Gasteiger partial charge >= 0.3 is 5.69 Å². The molecule has 0 radical (unpaired) electrons. The van der Waals surface area contributed by atoms with Crippen molar-refractivity contribution in [3.63, 3.8) is 0 Å². The van der Waals surface area contributed by atoms with E-state index in [9.17, 15) is 9.59 Å². The van der Waals surface area contributed by atoms with E-state index in [1.54, 1.807) is 18.7 Å². The van der Waals surface area contributed by atoms with Gasteiger partial charge in [-0.05, 0) is 6.26 Å². The minimum atomic E-state index is -0.441. The molecule has 2 rings (SSSR count). The number of hydrogen-bond donors (Lipinski definition) is 1. The third kappa shape index (κ3) is 1.30. The summed E-state index contributed by atoms with van der Waals surface area (Å²) in [5.41, 5.74) is -0.0378. The number of aromatic nitrogens is 4. The van der Waals surface area contributed by atoms with E-state index in [0.29, 0.717) is 16.3 Å². The number of rotatable bonds is 1. The van der Waals surface area contributed by atoms with Gasteiger partial charge in [-0.25, -0.2) is 9.78 Å². The number of hydrogen-bond acceptors (Lipinski definition) is 4. The fraction of sp³-hybridized carbons (Fsp3) is 0.375. The number of fused-ring (bicyclic) bond motifs is 1. The average molecular weight is 226 g/mol. The Bertz CT molecular complexity index is 636. The summed E-state index contributed by atoms with van der Waals surface area (Å²) in [6.45, 7) is 0. The fourth-order valence-electron chi connectivity index (χ4n) is 1.53. The maximum absolute atomic E-state index is 11.5. The molecule has 0 aliphatic rings. The summed E-state index contributed by atoms with van der Waals surface area (Å²) in [4.78, 5) is 29.2. The van der Waals surface area contributed by atoms with Crippen molar-refractivity contribution in [1.82, 2.24) is 19.1 Å². The highest BCUT2D eigenvalue weighted by atomic mass is 32.2. The number of aromatic amines is 1. The van der Waals surface area contributed by atoms with Crippen molar-refractivity contribution in [3.8, 4) is 0 Å². The smallest absolute Gasteiger partial charge is 0.308 e. The molecule has 2 aromatic heterocycles. The van der Waals surface area contributed by atoms with Gasteiger partial charge in [0.15, 0.2) is 10.7 Å². The molecule has 80 valence electrons. The summed E-state index contributed by atoms with van der Waals surface area (Å²) in [6.07, 6.45) is 1.87. The molecule has 0 unspecified atom stereocenters. The lowest BCUT2D eigenvalue weighted by molar-refractivity contribution is 0.753. The van der Waals surface area contributed by atoms with Gasteiger partial charge in [0.2, 0.25) is 0 Å². The van der Waals surface area contributed by atoms with Crippen molar-refractivity contribution in [2.45, 2.75) is 5.16 Å². The molecule has 0 spiro atoms. The van der Waals surface area contributed by atoms with Crippen LogP contribution in [0.5, 0.6) is 0 Å². The van der Waals surface area contributed by atoms with E-state index in [4.69, 9.17) is 0 Å². The monoisotopic (exact) mass is 226 g/mol. The Morgan fingerprint density at radius 3 is 2.53 bits per heavy atom. The lowest BCUT2D eigenvalue weighted by Gasteiger charge is -2.01. The van der Waals surface area contributed by atoms with Crippen LogP contribution >= 0.6 is 11.8 Å². The van der Waals surface area contributed by atoms with Gasteiger partial charge in [-0.15, -0.1) is 0 Å². The molecular formula is C8H10N4O2S. The van der Waals surface area contributed by atoms with Gasteiger partial charge in [0.25, 0.3) is 5.56 Å². The number of nitrogens with zero attached hydrogens (tertiary/aromatic N) is 3. The number of thioether (sulfide) groups is 1. The normalized spacial score (nSPS) is 11.1. The van der Waals surface area contributed by atoms with Gasteiger partial charge in [-0.2, -0.15) is 0 Å². The third-order valence-corrected chi connectivity index (χ3v) is 2.99. The van der Waals surface area contributed by atoms with E-state index < -0.39 is 11.2 Å². The Hall–Kier alpha value is -1.50. The minimum Gasteiger partial charge on any atom is -0.308 e. The van der Waals surface area contributed by atoms with Crippen LogP contribution in [0, 0.1) is 0 Å². The Morgan fingerprint density at radius 2 is 1.93 bits per heavy atom. The fourth-order valence-corrected chi connectivity index (χ4v) is 2.07. The molecular weight excluding hydrogens is 216 g/mol. The Kier molecular flexibility index (Phi) is 2.18. The summed E-state index contributed by atoms with van der Waals surface area (Å²) >= 11 is 1.43. The largest absolute Gasteiger partial charge is 0.329 e. The summed E-state index contributed by atoms with van der Waals surface area (Å²) in [5.74, 6) is 0. The predicted octanol–water partition coefficient (Wildman–Crippen LogP) is -0.318. The molecule has 0 amide bonds. The van der Waals surface area contributed by atoms with Gasteiger partial charge in [-0.3, -0.25) is 14.3 Å². The molecule has 0 fully saturated rings. The second kappa shape index (κ2) is 3.27. The maximum atomic E-state index is 11.5. The Labute approximate surface area is 88.9 Å². The van der Waals surface area contributed by atoms with Crippen molar-refractivity contribution in [3.05, 3.63) is 20.8 Å². The van der Waals surface area contributed by atoms with Crippen LogP contribution in [0.25, 0.3) is 11.2 Å². The molecule has 0 atom stereocenters. The molecule has 0 saturated carbocycles. The third-order valence-electron chi connectivity index (χ3n) is 2.26. The molecule has 6 nitrogen and oxygen atoms in total. The van der Waals surface area contributed by atoms with E-state index in [1.165, 1.54) is 16.3 Å². The first kappa shape index (κ1) is 10.0. The van der Waals surface area contributed by atoms with Gasteiger partial charge in [-0.1, -0.05) is 11.8 Å². The second-order valence-corrected chi connectivity index (χ2v) is 3.92. The second-order valence-electron chi connectivity index (χ2n) is 3.15. The van der Waals surface area contributed by atoms with Crippen molar-refractivity contribution in [2.75, 3.05) is 6.26 Å². The summed E-state index contributed by atoms with van der Waals surface area (Å²) in [5, 5.41) is 0.705. The van der Waals surface area contributed by atoms with E-state index in [0.717, 1.165) is 0 Å². The van der Waals surface area contributed by atoms with E-state index in [2.05, 4.69) is 9.97 Å². The first-order chi connectivity index (χ1) is 7.06. The minimum absolute atomic E-state index is 0.295. The van der Waals surface area contributed by atoms with Crippen LogP contribution in [-0.4, -0.2) is 25.4 Å². The Balaban J connectivity index is 3.08. The standard InChI is InChI=1S/C8H10N4O2S/c1-11-6-4(5(13)10-7(11)14)9-8(15-3)12(6)2/h1-3H3,(H,10,13,14). The number of imidazole rings is 1. The highest BCUT2D eigenvalue weighted by Crippen LogP contribution is 2.16. The van der Waals surface area contributed by atoms with Gasteiger partial charge in [0.05, 0.1) is 0 Å². The van der Waals surface area contributed by atoms with Crippen LogP contribution in [0.2, 0.25) is 0 Å². The molecule has 1 N–H and O–H groups in total. The molecule has 0 saturated heterocycles. The molecule has 0 aliphatic heterocycles. The van der Waals surface area contributed by atoms with Crippen LogP contribution in [0.1, 0.15) is 0 Å². The molecule has 0 bridgehead atoms. The van der Waals surface area contributed by atoms with Crippen LogP contribution in [0.15, 0.2) is 14.7 Å². The molecule has 2 aromatic rings. The van der Waals surface area contributed by atoms with Crippen molar-refractivity contribution in [1.29, 1.82) is 0 Å². The SMILES string of the molecule is CSc1nc2c(=O)[nH]c(=O)n(C)c2n1C. The first-order valence-corrected chi connectivity index (χ1v) is 5.48. The van der Waals surface area contributed by atoms with Crippen LogP contribution in [-0.2, 0) is 14.1 Å². The number of H-pyrrole nitrogens is 1. The molecule has 0 aliphatic carbocycles. The summed E-state index contributed by atoms with van der Waals surface area (Å²) < 4.78 is 3.11. The lowest BCUT2D eigenvalue weighted by atomic mass is 10.5. The molecule has 7 heteroatoms. The van der Waals surface area contributed by atoms with E-state index in [-0.39, 0.29) is 0 Å². The average Bonchev–Trinajstić information content (AvgIpc) is 2.53. The zero-order valence-corrected chi connectivity index (χ0v) is 9.38. The summed E-state index contributed by atoms with van der Waals surface area (Å²) in [7, 11) is 3.38. The molecule has 2 heterocycles. The topological polar surface area (TPSA) is 72.7 Å². The van der Waals surface area contributed by atoms with Crippen molar-refractivity contribution < 1.29 is 0 Å². The Morgan fingerprint density at radius 1 is 1.27 bits per heavy atom. The summed E-state index contributed by atoms with van der Waals surface area (Å²) in [6, 6.07) is 0. The van der Waals surface area contributed by atoms with Gasteiger partial charge in [0, 0.05) is 14.1 Å². The van der Waals surface area contributed by atoms with Crippen molar-refractivity contribution in [2.24, 2.45) is 14.1 Å².